The predicted octanol–water partition coefficient (Wildman–Crippen LogP) is 2.79. The molecule has 0 unspecified atom stereocenters. The summed E-state index contributed by atoms with van der Waals surface area (Å²) in [6.07, 6.45) is 0. The summed E-state index contributed by atoms with van der Waals surface area (Å²) >= 11 is 0. The monoisotopic (exact) mass is 368 g/mol. The first-order valence-corrected chi connectivity index (χ1v) is 8.61. The molecule has 2 heterocycles. The van der Waals surface area contributed by atoms with Crippen molar-refractivity contribution in [3.8, 4) is 22.3 Å². The maximum absolute atomic E-state index is 11.9. The maximum atomic E-state index is 11.9. The second-order valence-electron chi connectivity index (χ2n) is 6.66. The normalized spacial score (nSPS) is 14.6. The zero-order valence-electron chi connectivity index (χ0n) is 14.4. The molecule has 0 atom stereocenters. The highest BCUT2D eigenvalue weighted by Gasteiger charge is 2.27. The molecule has 6 nitrogen and oxygen atoms in total. The number of imide groups is 2. The molecule has 0 bridgehead atoms. The second kappa shape index (κ2) is 5.72. The molecule has 2 aliphatic rings. The molecule has 4 amide bonds. The van der Waals surface area contributed by atoms with E-state index in [4.69, 9.17) is 0 Å². The van der Waals surface area contributed by atoms with E-state index in [-0.39, 0.29) is 23.6 Å². The molecular weight excluding hydrogens is 356 g/mol. The minimum Gasteiger partial charge on any atom is -0.288 e. The van der Waals surface area contributed by atoms with Crippen LogP contribution in [0.1, 0.15) is 41.4 Å². The Hall–Kier alpha value is -4.06. The Bertz CT molecular complexity index is 1130. The lowest BCUT2D eigenvalue weighted by atomic mass is 9.96. The van der Waals surface area contributed by atoms with Crippen molar-refractivity contribution in [2.24, 2.45) is 0 Å². The lowest BCUT2D eigenvalue weighted by Gasteiger charge is -2.07. The maximum Gasteiger partial charge on any atom is 0.258 e. The summed E-state index contributed by atoms with van der Waals surface area (Å²) in [7, 11) is 0. The first kappa shape index (κ1) is 16.1. The Kier molecular flexibility index (Phi) is 3.30. The van der Waals surface area contributed by atoms with Crippen molar-refractivity contribution in [1.82, 2.24) is 10.6 Å². The van der Waals surface area contributed by atoms with Crippen LogP contribution < -0.4 is 10.6 Å². The van der Waals surface area contributed by atoms with Gasteiger partial charge in [0.15, 0.2) is 0 Å². The summed E-state index contributed by atoms with van der Waals surface area (Å²) in [5.74, 6) is -1.52. The number of benzene rings is 3. The van der Waals surface area contributed by atoms with E-state index in [1.807, 2.05) is 24.3 Å². The van der Waals surface area contributed by atoms with Crippen LogP contribution in [0, 0.1) is 0 Å². The molecule has 134 valence electrons. The van der Waals surface area contributed by atoms with Gasteiger partial charge in [-0.15, -0.1) is 0 Å². The zero-order chi connectivity index (χ0) is 19.4. The molecule has 3 aromatic carbocycles. The third-order valence-corrected chi connectivity index (χ3v) is 5.02. The van der Waals surface area contributed by atoms with Gasteiger partial charge in [0.25, 0.3) is 23.6 Å². The molecule has 0 saturated carbocycles. The van der Waals surface area contributed by atoms with E-state index in [0.29, 0.717) is 22.3 Å². The van der Waals surface area contributed by atoms with E-state index in [9.17, 15) is 19.2 Å². The largest absolute Gasteiger partial charge is 0.288 e. The third-order valence-electron chi connectivity index (χ3n) is 5.02. The number of hydrogen-bond acceptors (Lipinski definition) is 4. The van der Waals surface area contributed by atoms with Crippen LogP contribution in [0.4, 0.5) is 0 Å². The smallest absolute Gasteiger partial charge is 0.258 e. The fourth-order valence-corrected chi connectivity index (χ4v) is 3.55. The van der Waals surface area contributed by atoms with Crippen LogP contribution in [-0.4, -0.2) is 23.6 Å². The van der Waals surface area contributed by atoms with Crippen LogP contribution in [0.5, 0.6) is 0 Å². The van der Waals surface area contributed by atoms with E-state index >= 15 is 0 Å². The van der Waals surface area contributed by atoms with Crippen molar-refractivity contribution in [2.45, 2.75) is 0 Å². The van der Waals surface area contributed by atoms with Gasteiger partial charge in [0.2, 0.25) is 0 Å². The van der Waals surface area contributed by atoms with Gasteiger partial charge < -0.3 is 0 Å². The number of hydrogen-bond donors (Lipinski definition) is 2. The van der Waals surface area contributed by atoms with Crippen molar-refractivity contribution >= 4 is 23.6 Å². The standard InChI is InChI=1S/C22H12N2O4/c25-19-15-7-5-13(9-17(15)21(27)23-19)11-1-2-12(4-3-11)14-6-8-16-18(10-14)22(28)24-20(16)26/h1-10H,(H,23,25,27)(H,24,26,28). The van der Waals surface area contributed by atoms with Gasteiger partial charge in [-0.05, 0) is 46.5 Å². The zero-order valence-corrected chi connectivity index (χ0v) is 14.4. The quantitative estimate of drug-likeness (QED) is 0.681. The van der Waals surface area contributed by atoms with Crippen LogP contribution in [-0.2, 0) is 0 Å². The summed E-state index contributed by atoms with van der Waals surface area (Å²) in [6, 6.07) is 17.9. The van der Waals surface area contributed by atoms with Crippen molar-refractivity contribution < 1.29 is 19.2 Å². The Morgan fingerprint density at radius 2 is 0.714 bits per heavy atom. The van der Waals surface area contributed by atoms with Crippen molar-refractivity contribution in [3.05, 3.63) is 82.9 Å². The lowest BCUT2D eigenvalue weighted by Crippen LogP contribution is -2.19. The van der Waals surface area contributed by atoms with E-state index in [1.165, 1.54) is 0 Å². The minimum atomic E-state index is -0.385. The van der Waals surface area contributed by atoms with Gasteiger partial charge in [-0.25, -0.2) is 0 Å². The summed E-state index contributed by atoms with van der Waals surface area (Å²) in [5.41, 5.74) is 4.97. The molecule has 0 saturated heterocycles. The molecule has 5 rings (SSSR count). The number of fused-ring (bicyclic) bond motifs is 2. The Balaban J connectivity index is 1.49. The minimum absolute atomic E-state index is 0.374. The molecule has 0 fully saturated rings. The van der Waals surface area contributed by atoms with Crippen LogP contribution in [0.25, 0.3) is 22.3 Å². The van der Waals surface area contributed by atoms with Gasteiger partial charge in [-0.1, -0.05) is 36.4 Å². The Labute approximate surface area is 159 Å². The van der Waals surface area contributed by atoms with E-state index < -0.39 is 0 Å². The molecule has 2 N–H and O–H groups in total. The van der Waals surface area contributed by atoms with Crippen molar-refractivity contribution in [3.63, 3.8) is 0 Å². The van der Waals surface area contributed by atoms with Crippen LogP contribution in [0.15, 0.2) is 60.7 Å². The van der Waals surface area contributed by atoms with Crippen LogP contribution in [0.3, 0.4) is 0 Å². The summed E-state index contributed by atoms with van der Waals surface area (Å²) in [6.45, 7) is 0. The average molecular weight is 368 g/mol. The lowest BCUT2D eigenvalue weighted by molar-refractivity contribution is 0.0863. The molecule has 28 heavy (non-hydrogen) atoms. The molecule has 3 aromatic rings. The number of rotatable bonds is 2. The van der Waals surface area contributed by atoms with E-state index in [0.717, 1.165) is 22.3 Å². The molecule has 0 aliphatic carbocycles. The molecule has 6 heteroatoms. The van der Waals surface area contributed by atoms with Crippen molar-refractivity contribution in [1.29, 1.82) is 0 Å². The summed E-state index contributed by atoms with van der Waals surface area (Å²) in [5, 5.41) is 4.57. The number of carbonyl (C=O) groups is 4. The highest BCUT2D eigenvalue weighted by molar-refractivity contribution is 6.22. The van der Waals surface area contributed by atoms with Gasteiger partial charge in [-0.3, -0.25) is 29.8 Å². The fraction of sp³-hybridized carbons (Fsp3) is 0. The molecule has 0 aromatic heterocycles. The van der Waals surface area contributed by atoms with E-state index in [1.54, 1.807) is 36.4 Å². The average Bonchev–Trinajstić information content (AvgIpc) is 3.16. The molecule has 0 radical (unpaired) electrons. The summed E-state index contributed by atoms with van der Waals surface area (Å²) < 4.78 is 0. The van der Waals surface area contributed by atoms with Gasteiger partial charge in [0.05, 0.1) is 22.3 Å². The highest BCUT2D eigenvalue weighted by atomic mass is 16.2. The first-order valence-electron chi connectivity index (χ1n) is 8.61. The number of nitrogens with one attached hydrogen (secondary N) is 2. The highest BCUT2D eigenvalue weighted by Crippen LogP contribution is 2.29. The topological polar surface area (TPSA) is 92.3 Å². The van der Waals surface area contributed by atoms with E-state index in [2.05, 4.69) is 10.6 Å². The van der Waals surface area contributed by atoms with Gasteiger partial charge in [-0.2, -0.15) is 0 Å². The molecule has 2 aliphatic heterocycles. The molecule has 0 spiro atoms. The number of amides is 4. The predicted molar refractivity (Wildman–Crippen MR) is 101 cm³/mol. The second-order valence-corrected chi connectivity index (χ2v) is 6.66. The fourth-order valence-electron chi connectivity index (χ4n) is 3.55. The van der Waals surface area contributed by atoms with Crippen LogP contribution >= 0.6 is 0 Å². The first-order chi connectivity index (χ1) is 13.5. The number of carbonyl (C=O) groups excluding carboxylic acids is 4. The van der Waals surface area contributed by atoms with Crippen LogP contribution in [0.2, 0.25) is 0 Å². The van der Waals surface area contributed by atoms with Gasteiger partial charge in [0, 0.05) is 0 Å². The molecular formula is C22H12N2O4. The third kappa shape index (κ3) is 2.35. The van der Waals surface area contributed by atoms with Gasteiger partial charge >= 0.3 is 0 Å². The SMILES string of the molecule is O=C1NC(=O)c2cc(-c3ccc(-c4ccc5c(c4)C(=O)NC5=O)cc3)ccc21. The summed E-state index contributed by atoms with van der Waals surface area (Å²) in [4.78, 5) is 47.0. The van der Waals surface area contributed by atoms with Crippen molar-refractivity contribution in [2.75, 3.05) is 0 Å². The van der Waals surface area contributed by atoms with Gasteiger partial charge in [0.1, 0.15) is 0 Å². The Morgan fingerprint density at radius 3 is 1.11 bits per heavy atom. The Morgan fingerprint density at radius 1 is 0.393 bits per heavy atom.